The topological polar surface area (TPSA) is 37.4 Å². The number of likely N-dealkylation sites (tertiary alicyclic amines) is 1. The van der Waals surface area contributed by atoms with Crippen LogP contribution in [-0.2, 0) is 4.79 Å². The molecule has 0 aromatic carbocycles. The molecule has 0 saturated carbocycles. The number of hydrogen-bond donors (Lipinski definition) is 0. The van der Waals surface area contributed by atoms with E-state index in [9.17, 15) is 9.59 Å². The molecule has 2 heterocycles. The molecular formula is C16H23NO2S. The summed E-state index contributed by atoms with van der Waals surface area (Å²) in [5.41, 5.74) is 0.261. The average Bonchev–Trinajstić information content (AvgIpc) is 2.90. The third-order valence-electron chi connectivity index (χ3n) is 4.05. The highest BCUT2D eigenvalue weighted by molar-refractivity contribution is 7.12. The molecule has 20 heavy (non-hydrogen) atoms. The third kappa shape index (κ3) is 4.17. The smallest absolute Gasteiger partial charge is 0.222 e. The maximum absolute atomic E-state index is 12.0. The first-order valence-electron chi connectivity index (χ1n) is 7.32. The molecule has 0 aliphatic carbocycles. The van der Waals surface area contributed by atoms with Crippen LogP contribution in [0.4, 0.5) is 0 Å². The van der Waals surface area contributed by atoms with E-state index in [0.29, 0.717) is 19.4 Å². The molecule has 0 radical (unpaired) electrons. The Morgan fingerprint density at radius 2 is 2.20 bits per heavy atom. The van der Waals surface area contributed by atoms with Gasteiger partial charge in [-0.15, -0.1) is 11.3 Å². The van der Waals surface area contributed by atoms with E-state index in [2.05, 4.69) is 13.8 Å². The monoisotopic (exact) mass is 293 g/mol. The normalized spacial score (nSPS) is 18.9. The molecule has 0 unspecified atom stereocenters. The van der Waals surface area contributed by atoms with Crippen LogP contribution in [0.25, 0.3) is 0 Å². The minimum Gasteiger partial charge on any atom is -0.343 e. The highest BCUT2D eigenvalue weighted by Gasteiger charge is 2.27. The summed E-state index contributed by atoms with van der Waals surface area (Å²) in [6.07, 6.45) is 3.97. The van der Waals surface area contributed by atoms with Gasteiger partial charge in [-0.2, -0.15) is 0 Å². The van der Waals surface area contributed by atoms with Crippen molar-refractivity contribution in [2.24, 2.45) is 5.41 Å². The quantitative estimate of drug-likeness (QED) is 0.775. The van der Waals surface area contributed by atoms with Gasteiger partial charge in [0.25, 0.3) is 0 Å². The van der Waals surface area contributed by atoms with Crippen molar-refractivity contribution in [2.75, 3.05) is 13.1 Å². The number of carbonyl (C=O) groups is 2. The van der Waals surface area contributed by atoms with Crippen molar-refractivity contribution in [3.63, 3.8) is 0 Å². The van der Waals surface area contributed by atoms with Crippen molar-refractivity contribution in [3.8, 4) is 0 Å². The van der Waals surface area contributed by atoms with Gasteiger partial charge in [-0.1, -0.05) is 19.9 Å². The molecule has 1 aromatic heterocycles. The molecule has 4 heteroatoms. The highest BCUT2D eigenvalue weighted by atomic mass is 32.1. The molecule has 1 saturated heterocycles. The Morgan fingerprint density at radius 3 is 2.90 bits per heavy atom. The van der Waals surface area contributed by atoms with Gasteiger partial charge in [0.05, 0.1) is 4.88 Å². The Morgan fingerprint density at radius 1 is 1.40 bits per heavy atom. The predicted octanol–water partition coefficient (Wildman–Crippen LogP) is 3.75. The van der Waals surface area contributed by atoms with Gasteiger partial charge in [0.15, 0.2) is 5.78 Å². The van der Waals surface area contributed by atoms with Crippen molar-refractivity contribution < 1.29 is 9.59 Å². The van der Waals surface area contributed by atoms with Crippen LogP contribution in [0.15, 0.2) is 17.5 Å². The number of rotatable bonds is 5. The first-order chi connectivity index (χ1) is 9.48. The zero-order valence-electron chi connectivity index (χ0n) is 12.4. The lowest BCUT2D eigenvalue weighted by Gasteiger charge is -2.23. The van der Waals surface area contributed by atoms with Crippen LogP contribution in [0, 0.1) is 5.41 Å². The Kier molecular flexibility index (Phi) is 4.97. The Hall–Kier alpha value is -1.16. The van der Waals surface area contributed by atoms with Gasteiger partial charge in [-0.05, 0) is 36.1 Å². The predicted molar refractivity (Wildman–Crippen MR) is 82.1 cm³/mol. The fourth-order valence-corrected chi connectivity index (χ4v) is 3.21. The number of hydrogen-bond acceptors (Lipinski definition) is 3. The van der Waals surface area contributed by atoms with E-state index in [1.807, 2.05) is 22.4 Å². The van der Waals surface area contributed by atoms with E-state index < -0.39 is 0 Å². The third-order valence-corrected chi connectivity index (χ3v) is 4.97. The number of amides is 1. The Bertz CT molecular complexity index is 465. The summed E-state index contributed by atoms with van der Waals surface area (Å²) in [7, 11) is 0. The Labute approximate surface area is 125 Å². The van der Waals surface area contributed by atoms with Gasteiger partial charge in [0.1, 0.15) is 0 Å². The first kappa shape index (κ1) is 15.2. The summed E-state index contributed by atoms with van der Waals surface area (Å²) in [5.74, 6) is 0.446. The zero-order valence-corrected chi connectivity index (χ0v) is 13.2. The molecule has 1 aromatic rings. The standard InChI is InChI=1S/C16H23NO2S/c1-16(2)8-7-15(19)17(11-9-16)10-3-5-13(18)14-6-4-12-20-14/h4,6,12H,3,5,7-11H2,1-2H3. The number of nitrogens with zero attached hydrogens (tertiary/aromatic N) is 1. The van der Waals surface area contributed by atoms with Gasteiger partial charge in [0.2, 0.25) is 5.91 Å². The van der Waals surface area contributed by atoms with Crippen molar-refractivity contribution in [2.45, 2.75) is 46.0 Å². The minimum absolute atomic E-state index is 0.197. The second kappa shape index (κ2) is 6.53. The van der Waals surface area contributed by atoms with E-state index >= 15 is 0 Å². The fraction of sp³-hybridized carbons (Fsp3) is 0.625. The second-order valence-corrected chi connectivity index (χ2v) is 7.25. The molecule has 3 nitrogen and oxygen atoms in total. The van der Waals surface area contributed by atoms with Crippen LogP contribution in [0.3, 0.4) is 0 Å². The molecular weight excluding hydrogens is 270 g/mol. The summed E-state index contributed by atoms with van der Waals surface area (Å²) < 4.78 is 0. The second-order valence-electron chi connectivity index (χ2n) is 6.30. The zero-order chi connectivity index (χ0) is 14.6. The maximum Gasteiger partial charge on any atom is 0.222 e. The molecule has 2 rings (SSSR count). The molecule has 110 valence electrons. The van der Waals surface area contributed by atoms with E-state index in [1.54, 1.807) is 0 Å². The van der Waals surface area contributed by atoms with Gasteiger partial charge >= 0.3 is 0 Å². The van der Waals surface area contributed by atoms with Crippen LogP contribution in [-0.4, -0.2) is 29.7 Å². The van der Waals surface area contributed by atoms with Gasteiger partial charge in [-0.25, -0.2) is 0 Å². The first-order valence-corrected chi connectivity index (χ1v) is 8.20. The number of Topliss-reactive ketones (excluding diaryl/α,β-unsaturated/α-hetero) is 1. The van der Waals surface area contributed by atoms with E-state index in [0.717, 1.165) is 30.7 Å². The number of ketones is 1. The molecule has 1 fully saturated rings. The van der Waals surface area contributed by atoms with Gasteiger partial charge in [0, 0.05) is 25.9 Å². The van der Waals surface area contributed by atoms with Gasteiger partial charge in [-0.3, -0.25) is 9.59 Å². The van der Waals surface area contributed by atoms with Gasteiger partial charge < -0.3 is 4.90 Å². The maximum atomic E-state index is 12.0. The van der Waals surface area contributed by atoms with E-state index in [1.165, 1.54) is 11.3 Å². The van der Waals surface area contributed by atoms with Crippen molar-refractivity contribution >= 4 is 23.0 Å². The molecule has 1 amide bonds. The lowest BCUT2D eigenvalue weighted by atomic mass is 9.85. The van der Waals surface area contributed by atoms with Crippen molar-refractivity contribution in [3.05, 3.63) is 22.4 Å². The summed E-state index contributed by atoms with van der Waals surface area (Å²) >= 11 is 1.49. The summed E-state index contributed by atoms with van der Waals surface area (Å²) in [6.45, 7) is 6.00. The molecule has 0 atom stereocenters. The number of thiophene rings is 1. The molecule has 1 aliphatic rings. The SMILES string of the molecule is CC1(C)CCC(=O)N(CCCC(=O)c2cccs2)CC1. The molecule has 0 bridgehead atoms. The van der Waals surface area contributed by atoms with E-state index in [-0.39, 0.29) is 17.1 Å². The summed E-state index contributed by atoms with van der Waals surface area (Å²) in [4.78, 5) is 26.7. The Balaban J connectivity index is 1.78. The largest absolute Gasteiger partial charge is 0.343 e. The molecule has 0 spiro atoms. The van der Waals surface area contributed by atoms with Crippen LogP contribution >= 0.6 is 11.3 Å². The minimum atomic E-state index is 0.197. The van der Waals surface area contributed by atoms with Crippen LogP contribution in [0.1, 0.15) is 55.6 Å². The lowest BCUT2D eigenvalue weighted by Crippen LogP contribution is -2.31. The lowest BCUT2D eigenvalue weighted by molar-refractivity contribution is -0.130. The van der Waals surface area contributed by atoms with Crippen molar-refractivity contribution in [1.82, 2.24) is 4.90 Å². The van der Waals surface area contributed by atoms with E-state index in [4.69, 9.17) is 0 Å². The summed E-state index contributed by atoms with van der Waals surface area (Å²) in [5, 5.41) is 1.92. The average molecular weight is 293 g/mol. The van der Waals surface area contributed by atoms with Crippen molar-refractivity contribution in [1.29, 1.82) is 0 Å². The number of carbonyl (C=O) groups excluding carboxylic acids is 2. The van der Waals surface area contributed by atoms with Crippen LogP contribution in [0.2, 0.25) is 0 Å². The van der Waals surface area contributed by atoms with Crippen LogP contribution in [0.5, 0.6) is 0 Å². The summed E-state index contributed by atoms with van der Waals surface area (Å²) in [6, 6.07) is 3.77. The fourth-order valence-electron chi connectivity index (χ4n) is 2.52. The van der Waals surface area contributed by atoms with Crippen LogP contribution < -0.4 is 0 Å². The highest BCUT2D eigenvalue weighted by Crippen LogP contribution is 2.30. The molecule has 1 aliphatic heterocycles. The molecule has 0 N–H and O–H groups in total.